The first-order valence-electron chi connectivity index (χ1n) is 6.86. The van der Waals surface area contributed by atoms with Gasteiger partial charge in [0.15, 0.2) is 5.78 Å². The second-order valence-electron chi connectivity index (χ2n) is 6.24. The maximum absolute atomic E-state index is 11.8. The van der Waals surface area contributed by atoms with E-state index in [0.29, 0.717) is 23.7 Å². The molecule has 0 heterocycles. The van der Waals surface area contributed by atoms with Gasteiger partial charge < -0.3 is 10.6 Å². The summed E-state index contributed by atoms with van der Waals surface area (Å²) < 4.78 is 0. The predicted molar refractivity (Wildman–Crippen MR) is 82.1 cm³/mol. The normalized spacial score (nSPS) is 12.7. The zero-order valence-electron chi connectivity index (χ0n) is 12.9. The Morgan fingerprint density at radius 2 is 1.90 bits per heavy atom. The van der Waals surface area contributed by atoms with Gasteiger partial charge in [-0.05, 0) is 30.4 Å². The zero-order valence-corrected chi connectivity index (χ0v) is 12.9. The summed E-state index contributed by atoms with van der Waals surface area (Å²) in [6, 6.07) is 6.67. The molecule has 0 aromatic heterocycles. The maximum Gasteiger partial charge on any atom is 0.319 e. The molecule has 0 fully saturated rings. The van der Waals surface area contributed by atoms with Crippen molar-refractivity contribution in [3.8, 4) is 0 Å². The second kappa shape index (κ2) is 6.55. The molecule has 0 aliphatic heterocycles. The highest BCUT2D eigenvalue weighted by Gasteiger charge is 2.20. The van der Waals surface area contributed by atoms with Crippen LogP contribution in [0.5, 0.6) is 0 Å². The molecule has 0 spiro atoms. The molecule has 20 heavy (non-hydrogen) atoms. The molecule has 1 rings (SSSR count). The van der Waals surface area contributed by atoms with Gasteiger partial charge in [0.2, 0.25) is 0 Å². The number of carbonyl (C=O) groups is 2. The minimum atomic E-state index is -0.248. The maximum atomic E-state index is 11.8. The van der Waals surface area contributed by atoms with Gasteiger partial charge in [-0.2, -0.15) is 0 Å². The van der Waals surface area contributed by atoms with Crippen molar-refractivity contribution >= 4 is 17.5 Å². The third kappa shape index (κ3) is 5.03. The zero-order chi connectivity index (χ0) is 15.3. The molecular weight excluding hydrogens is 252 g/mol. The van der Waals surface area contributed by atoms with Crippen molar-refractivity contribution in [1.82, 2.24) is 5.32 Å². The monoisotopic (exact) mass is 276 g/mol. The van der Waals surface area contributed by atoms with E-state index < -0.39 is 0 Å². The quantitative estimate of drug-likeness (QED) is 0.824. The van der Waals surface area contributed by atoms with E-state index in [9.17, 15) is 9.59 Å². The highest BCUT2D eigenvalue weighted by molar-refractivity contribution is 5.96. The molecule has 0 bridgehead atoms. The van der Waals surface area contributed by atoms with Gasteiger partial charge in [-0.1, -0.05) is 39.8 Å². The lowest BCUT2D eigenvalue weighted by atomic mass is 9.82. The van der Waals surface area contributed by atoms with E-state index in [2.05, 4.69) is 38.3 Å². The summed E-state index contributed by atoms with van der Waals surface area (Å²) >= 11 is 0. The van der Waals surface area contributed by atoms with Crippen LogP contribution in [-0.2, 0) is 0 Å². The van der Waals surface area contributed by atoms with E-state index >= 15 is 0 Å². The SMILES string of the molecule is CC(=O)c1cccc(NC(=O)NCC(C)C(C)(C)C)c1. The Hall–Kier alpha value is -1.84. The molecule has 0 aliphatic rings. The summed E-state index contributed by atoms with van der Waals surface area (Å²) in [4.78, 5) is 23.1. The summed E-state index contributed by atoms with van der Waals surface area (Å²) in [5.74, 6) is 0.354. The van der Waals surface area contributed by atoms with Gasteiger partial charge in [-0.3, -0.25) is 4.79 Å². The van der Waals surface area contributed by atoms with E-state index in [4.69, 9.17) is 0 Å². The lowest BCUT2D eigenvalue weighted by molar-refractivity contribution is 0.101. The Kier molecular flexibility index (Phi) is 5.31. The van der Waals surface area contributed by atoms with Gasteiger partial charge in [0, 0.05) is 17.8 Å². The number of hydrogen-bond donors (Lipinski definition) is 2. The van der Waals surface area contributed by atoms with E-state index in [0.717, 1.165) is 0 Å². The smallest absolute Gasteiger partial charge is 0.319 e. The van der Waals surface area contributed by atoms with E-state index in [1.165, 1.54) is 6.92 Å². The average Bonchev–Trinajstić information content (AvgIpc) is 2.35. The number of benzene rings is 1. The summed E-state index contributed by atoms with van der Waals surface area (Å²) in [5, 5.41) is 5.59. The number of hydrogen-bond acceptors (Lipinski definition) is 2. The fourth-order valence-corrected chi connectivity index (χ4v) is 1.54. The number of rotatable bonds is 4. The highest BCUT2D eigenvalue weighted by Crippen LogP contribution is 2.24. The van der Waals surface area contributed by atoms with Crippen LogP contribution in [0, 0.1) is 11.3 Å². The Labute approximate surface area is 121 Å². The lowest BCUT2D eigenvalue weighted by Crippen LogP contribution is -2.36. The van der Waals surface area contributed by atoms with Crippen molar-refractivity contribution in [2.75, 3.05) is 11.9 Å². The molecule has 0 saturated carbocycles. The van der Waals surface area contributed by atoms with Crippen LogP contribution in [0.25, 0.3) is 0 Å². The summed E-state index contributed by atoms with van der Waals surface area (Å²) in [7, 11) is 0. The summed E-state index contributed by atoms with van der Waals surface area (Å²) in [6.45, 7) is 10.7. The summed E-state index contributed by atoms with van der Waals surface area (Å²) in [6.07, 6.45) is 0. The van der Waals surface area contributed by atoms with Crippen LogP contribution in [0.3, 0.4) is 0 Å². The number of ketones is 1. The number of Topliss-reactive ketones (excluding diaryl/α,β-unsaturated/α-hetero) is 1. The predicted octanol–water partition coefficient (Wildman–Crippen LogP) is 3.69. The van der Waals surface area contributed by atoms with Crippen molar-refractivity contribution in [2.45, 2.75) is 34.6 Å². The van der Waals surface area contributed by atoms with Crippen molar-refractivity contribution < 1.29 is 9.59 Å². The largest absolute Gasteiger partial charge is 0.338 e. The standard InChI is InChI=1S/C16H24N2O2/c1-11(16(3,4)5)10-17-15(20)18-14-8-6-7-13(9-14)12(2)19/h6-9,11H,10H2,1-5H3,(H2,17,18,20). The molecule has 110 valence electrons. The Bertz CT molecular complexity index is 489. The van der Waals surface area contributed by atoms with Crippen LogP contribution in [0.4, 0.5) is 10.5 Å². The van der Waals surface area contributed by atoms with Crippen LogP contribution < -0.4 is 10.6 Å². The lowest BCUT2D eigenvalue weighted by Gasteiger charge is -2.27. The first kappa shape index (κ1) is 16.2. The minimum absolute atomic E-state index is 0.0181. The third-order valence-electron chi connectivity index (χ3n) is 3.57. The van der Waals surface area contributed by atoms with Crippen LogP contribution >= 0.6 is 0 Å². The van der Waals surface area contributed by atoms with Crippen LogP contribution in [0.1, 0.15) is 45.0 Å². The number of nitrogens with one attached hydrogen (secondary N) is 2. The first-order chi connectivity index (χ1) is 9.20. The van der Waals surface area contributed by atoms with Gasteiger partial charge in [-0.15, -0.1) is 0 Å². The number of amides is 2. The second-order valence-corrected chi connectivity index (χ2v) is 6.24. The van der Waals surface area contributed by atoms with E-state index in [-0.39, 0.29) is 17.2 Å². The molecule has 0 radical (unpaired) electrons. The Morgan fingerprint density at radius 3 is 2.45 bits per heavy atom. The van der Waals surface area contributed by atoms with Crippen molar-refractivity contribution in [1.29, 1.82) is 0 Å². The molecule has 1 aromatic carbocycles. The first-order valence-corrected chi connectivity index (χ1v) is 6.86. The molecule has 1 aromatic rings. The van der Waals surface area contributed by atoms with E-state index in [1.54, 1.807) is 24.3 Å². The van der Waals surface area contributed by atoms with Gasteiger partial charge in [0.05, 0.1) is 0 Å². The van der Waals surface area contributed by atoms with Crippen LogP contribution in [0.15, 0.2) is 24.3 Å². The molecule has 2 amide bonds. The number of urea groups is 1. The topological polar surface area (TPSA) is 58.2 Å². The molecule has 1 atom stereocenters. The Morgan fingerprint density at radius 1 is 1.25 bits per heavy atom. The van der Waals surface area contributed by atoms with E-state index in [1.807, 2.05) is 0 Å². The minimum Gasteiger partial charge on any atom is -0.338 e. The fraction of sp³-hybridized carbons (Fsp3) is 0.500. The molecular formula is C16H24N2O2. The molecule has 4 nitrogen and oxygen atoms in total. The van der Waals surface area contributed by atoms with Crippen LogP contribution in [-0.4, -0.2) is 18.4 Å². The van der Waals surface area contributed by atoms with Crippen LogP contribution in [0.2, 0.25) is 0 Å². The van der Waals surface area contributed by atoms with Gasteiger partial charge in [0.25, 0.3) is 0 Å². The van der Waals surface area contributed by atoms with Gasteiger partial charge >= 0.3 is 6.03 Å². The van der Waals surface area contributed by atoms with Crippen molar-refractivity contribution in [3.63, 3.8) is 0 Å². The molecule has 4 heteroatoms. The van der Waals surface area contributed by atoms with Gasteiger partial charge in [0.1, 0.15) is 0 Å². The fourth-order valence-electron chi connectivity index (χ4n) is 1.54. The molecule has 2 N–H and O–H groups in total. The molecule has 0 aliphatic carbocycles. The highest BCUT2D eigenvalue weighted by atomic mass is 16.2. The summed E-state index contributed by atoms with van der Waals surface area (Å²) in [5.41, 5.74) is 1.37. The number of carbonyl (C=O) groups excluding carboxylic acids is 2. The molecule has 0 saturated heterocycles. The van der Waals surface area contributed by atoms with Gasteiger partial charge in [-0.25, -0.2) is 4.79 Å². The number of anilines is 1. The molecule has 1 unspecified atom stereocenters. The third-order valence-corrected chi connectivity index (χ3v) is 3.57. The van der Waals surface area contributed by atoms with Crippen molar-refractivity contribution in [2.24, 2.45) is 11.3 Å². The Balaban J connectivity index is 2.55. The average molecular weight is 276 g/mol. The van der Waals surface area contributed by atoms with Crippen molar-refractivity contribution in [3.05, 3.63) is 29.8 Å².